The van der Waals surface area contributed by atoms with Gasteiger partial charge in [-0.05, 0) is 85.1 Å². The smallest absolute Gasteiger partial charge is 0.311 e. The third kappa shape index (κ3) is 6.45. The molecule has 162 valence electrons. The molecule has 2 heteroatoms. The van der Waals surface area contributed by atoms with Crippen LogP contribution >= 0.6 is 0 Å². The van der Waals surface area contributed by atoms with Crippen LogP contribution in [0.2, 0.25) is 0 Å². The molecular weight excluding hydrogens is 368 g/mol. The van der Waals surface area contributed by atoms with E-state index < -0.39 is 0 Å². The van der Waals surface area contributed by atoms with E-state index in [0.717, 1.165) is 36.2 Å². The van der Waals surface area contributed by atoms with Crippen LogP contribution in [0.15, 0.2) is 48.5 Å². The van der Waals surface area contributed by atoms with Crippen LogP contribution in [0.3, 0.4) is 0 Å². The van der Waals surface area contributed by atoms with Crippen LogP contribution in [-0.4, -0.2) is 5.97 Å². The van der Waals surface area contributed by atoms with E-state index in [4.69, 9.17) is 4.74 Å². The Labute approximate surface area is 183 Å². The molecule has 0 bridgehead atoms. The molecule has 0 radical (unpaired) electrons. The largest absolute Gasteiger partial charge is 0.427 e. The van der Waals surface area contributed by atoms with E-state index in [1.54, 1.807) is 0 Å². The van der Waals surface area contributed by atoms with Crippen molar-refractivity contribution in [3.63, 3.8) is 0 Å². The van der Waals surface area contributed by atoms with Gasteiger partial charge in [-0.2, -0.15) is 0 Å². The molecule has 1 atom stereocenters. The summed E-state index contributed by atoms with van der Waals surface area (Å²) in [7, 11) is 0. The first-order valence-electron chi connectivity index (χ1n) is 12.0. The van der Waals surface area contributed by atoms with Gasteiger partial charge in [-0.1, -0.05) is 70.0 Å². The van der Waals surface area contributed by atoms with Crippen LogP contribution in [0.1, 0.15) is 90.0 Å². The summed E-state index contributed by atoms with van der Waals surface area (Å²) >= 11 is 0. The van der Waals surface area contributed by atoms with Crippen LogP contribution < -0.4 is 4.74 Å². The summed E-state index contributed by atoms with van der Waals surface area (Å²) in [6, 6.07) is 17.0. The molecule has 2 aromatic carbocycles. The number of ether oxygens (including phenoxy) is 1. The number of esters is 1. The SMILES string of the molecule is CCCCC(=O)Oc1ccc(-c2ccc(C3CCC(CC(C)CC)CC3)cc2)cc1. The molecule has 0 amide bonds. The van der Waals surface area contributed by atoms with E-state index in [1.807, 2.05) is 24.3 Å². The second-order valence-corrected chi connectivity index (χ2v) is 9.19. The Morgan fingerprint density at radius 1 is 0.933 bits per heavy atom. The summed E-state index contributed by atoms with van der Waals surface area (Å²) < 4.78 is 5.41. The maximum atomic E-state index is 11.8. The Kier molecular flexibility index (Phi) is 8.54. The van der Waals surface area contributed by atoms with Gasteiger partial charge in [0, 0.05) is 6.42 Å². The van der Waals surface area contributed by atoms with E-state index >= 15 is 0 Å². The average molecular weight is 407 g/mol. The second-order valence-electron chi connectivity index (χ2n) is 9.19. The average Bonchev–Trinajstić information content (AvgIpc) is 2.79. The standard InChI is InChI=1S/C28H38O2/c1-4-6-7-28(29)30-27-18-16-26(17-19-27)25-14-12-24(13-15-25)23-10-8-22(9-11-23)20-21(3)5-2/h12-19,21-23H,4-11,20H2,1-3H3. The van der Waals surface area contributed by atoms with Gasteiger partial charge in [0.05, 0.1) is 0 Å². The molecule has 1 aliphatic rings. The lowest BCUT2D eigenvalue weighted by molar-refractivity contribution is -0.134. The number of carbonyl (C=O) groups excluding carboxylic acids is 1. The minimum absolute atomic E-state index is 0.146. The van der Waals surface area contributed by atoms with Gasteiger partial charge in [0.15, 0.2) is 0 Å². The summed E-state index contributed by atoms with van der Waals surface area (Å²) in [5.74, 6) is 3.01. The molecule has 1 unspecified atom stereocenters. The Morgan fingerprint density at radius 3 is 2.10 bits per heavy atom. The van der Waals surface area contributed by atoms with Crippen molar-refractivity contribution in [2.24, 2.45) is 11.8 Å². The molecule has 0 heterocycles. The molecule has 3 rings (SSSR count). The van der Waals surface area contributed by atoms with Gasteiger partial charge in [0.1, 0.15) is 5.75 Å². The summed E-state index contributed by atoms with van der Waals surface area (Å²) in [5.41, 5.74) is 3.86. The number of rotatable bonds is 9. The topological polar surface area (TPSA) is 26.3 Å². The Hall–Kier alpha value is -2.09. The van der Waals surface area contributed by atoms with E-state index in [1.165, 1.54) is 49.7 Å². The van der Waals surface area contributed by atoms with E-state index in [9.17, 15) is 4.79 Å². The lowest BCUT2D eigenvalue weighted by atomic mass is 9.75. The number of benzene rings is 2. The summed E-state index contributed by atoms with van der Waals surface area (Å²) in [6.07, 6.45) is 10.5. The fourth-order valence-corrected chi connectivity index (χ4v) is 4.63. The molecule has 0 spiro atoms. The minimum atomic E-state index is -0.146. The summed E-state index contributed by atoms with van der Waals surface area (Å²) in [6.45, 7) is 6.78. The van der Waals surface area contributed by atoms with Gasteiger partial charge in [0.2, 0.25) is 0 Å². The van der Waals surface area contributed by atoms with E-state index in [2.05, 4.69) is 45.0 Å². The van der Waals surface area contributed by atoms with Crippen molar-refractivity contribution in [2.45, 2.75) is 84.5 Å². The zero-order chi connectivity index (χ0) is 21.3. The van der Waals surface area contributed by atoms with Crippen molar-refractivity contribution < 1.29 is 9.53 Å². The maximum absolute atomic E-state index is 11.8. The number of hydrogen-bond donors (Lipinski definition) is 0. The molecule has 1 aliphatic carbocycles. The first-order chi connectivity index (χ1) is 14.6. The summed E-state index contributed by atoms with van der Waals surface area (Å²) in [4.78, 5) is 11.8. The summed E-state index contributed by atoms with van der Waals surface area (Å²) in [5, 5.41) is 0. The predicted octanol–water partition coefficient (Wildman–Crippen LogP) is 8.16. The number of carbonyl (C=O) groups is 1. The zero-order valence-corrected chi connectivity index (χ0v) is 19.0. The molecule has 0 aliphatic heterocycles. The zero-order valence-electron chi connectivity index (χ0n) is 19.0. The lowest BCUT2D eigenvalue weighted by Crippen LogP contribution is -2.15. The van der Waals surface area contributed by atoms with Crippen LogP contribution in [0.4, 0.5) is 0 Å². The predicted molar refractivity (Wildman–Crippen MR) is 126 cm³/mol. The highest BCUT2D eigenvalue weighted by molar-refractivity contribution is 5.73. The van der Waals surface area contributed by atoms with Gasteiger partial charge >= 0.3 is 5.97 Å². The molecular formula is C28H38O2. The van der Waals surface area contributed by atoms with Gasteiger partial charge < -0.3 is 4.74 Å². The normalized spacial score (nSPS) is 20.0. The first kappa shape index (κ1) is 22.6. The van der Waals surface area contributed by atoms with Gasteiger partial charge in [-0.15, -0.1) is 0 Å². The lowest BCUT2D eigenvalue weighted by Gasteiger charge is -2.30. The van der Waals surface area contributed by atoms with Crippen molar-refractivity contribution in [3.05, 3.63) is 54.1 Å². The van der Waals surface area contributed by atoms with Crippen molar-refractivity contribution in [3.8, 4) is 16.9 Å². The monoisotopic (exact) mass is 406 g/mol. The molecule has 1 fully saturated rings. The molecule has 1 saturated carbocycles. The Morgan fingerprint density at radius 2 is 1.53 bits per heavy atom. The highest BCUT2D eigenvalue weighted by Crippen LogP contribution is 2.39. The second kappa shape index (κ2) is 11.3. The molecule has 2 aromatic rings. The van der Waals surface area contributed by atoms with Crippen LogP contribution in [0.5, 0.6) is 5.75 Å². The van der Waals surface area contributed by atoms with E-state index in [0.29, 0.717) is 12.2 Å². The number of unbranched alkanes of at least 4 members (excludes halogenated alkanes) is 1. The Balaban J connectivity index is 1.54. The molecule has 0 aromatic heterocycles. The van der Waals surface area contributed by atoms with Gasteiger partial charge in [-0.3, -0.25) is 4.79 Å². The Bertz CT molecular complexity index is 767. The third-order valence-electron chi connectivity index (χ3n) is 6.82. The highest BCUT2D eigenvalue weighted by atomic mass is 16.5. The quantitative estimate of drug-likeness (QED) is 0.310. The molecule has 0 saturated heterocycles. The van der Waals surface area contributed by atoms with Crippen molar-refractivity contribution in [1.82, 2.24) is 0 Å². The van der Waals surface area contributed by atoms with Crippen molar-refractivity contribution in [2.75, 3.05) is 0 Å². The fourth-order valence-electron chi connectivity index (χ4n) is 4.63. The first-order valence-corrected chi connectivity index (χ1v) is 12.0. The van der Waals surface area contributed by atoms with Crippen LogP contribution in [0, 0.1) is 11.8 Å². The van der Waals surface area contributed by atoms with Crippen molar-refractivity contribution in [1.29, 1.82) is 0 Å². The molecule has 0 N–H and O–H groups in total. The number of hydrogen-bond acceptors (Lipinski definition) is 2. The molecule has 2 nitrogen and oxygen atoms in total. The fraction of sp³-hybridized carbons (Fsp3) is 0.536. The minimum Gasteiger partial charge on any atom is -0.427 e. The van der Waals surface area contributed by atoms with E-state index in [-0.39, 0.29) is 5.97 Å². The van der Waals surface area contributed by atoms with Gasteiger partial charge in [-0.25, -0.2) is 0 Å². The van der Waals surface area contributed by atoms with Crippen LogP contribution in [-0.2, 0) is 4.79 Å². The third-order valence-corrected chi connectivity index (χ3v) is 6.82. The maximum Gasteiger partial charge on any atom is 0.311 e. The van der Waals surface area contributed by atoms with Crippen molar-refractivity contribution >= 4 is 5.97 Å². The van der Waals surface area contributed by atoms with Gasteiger partial charge in [0.25, 0.3) is 0 Å². The molecule has 30 heavy (non-hydrogen) atoms. The highest BCUT2D eigenvalue weighted by Gasteiger charge is 2.23. The van der Waals surface area contributed by atoms with Crippen LogP contribution in [0.25, 0.3) is 11.1 Å².